The fraction of sp³-hybridized carbons (Fsp3) is 0.353. The molecule has 0 spiro atoms. The number of rotatable bonds is 3. The summed E-state index contributed by atoms with van der Waals surface area (Å²) >= 11 is 3.46. The second kappa shape index (κ2) is 5.96. The number of hydrogen-bond acceptors (Lipinski definition) is 1. The van der Waals surface area contributed by atoms with Crippen LogP contribution < -0.4 is 5.32 Å². The van der Waals surface area contributed by atoms with Crippen LogP contribution in [0.25, 0.3) is 10.8 Å². The van der Waals surface area contributed by atoms with Gasteiger partial charge in [0.15, 0.2) is 0 Å². The fourth-order valence-corrected chi connectivity index (χ4v) is 3.29. The van der Waals surface area contributed by atoms with E-state index < -0.39 is 0 Å². The Labute approximate surface area is 127 Å². The summed E-state index contributed by atoms with van der Waals surface area (Å²) in [6.07, 6.45) is 5.13. The maximum absolute atomic E-state index is 12.2. The molecule has 2 aromatic carbocycles. The lowest BCUT2D eigenvalue weighted by molar-refractivity contribution is 0.0947. The van der Waals surface area contributed by atoms with Crippen LogP contribution in [0.2, 0.25) is 0 Å². The molecule has 0 heterocycles. The van der Waals surface area contributed by atoms with Crippen LogP contribution in [-0.2, 0) is 0 Å². The third kappa shape index (κ3) is 3.04. The summed E-state index contributed by atoms with van der Waals surface area (Å²) in [6, 6.07) is 12.0. The molecule has 20 heavy (non-hydrogen) atoms. The lowest BCUT2D eigenvalue weighted by Gasteiger charge is -2.11. The van der Waals surface area contributed by atoms with Crippen molar-refractivity contribution in [1.82, 2.24) is 5.32 Å². The van der Waals surface area contributed by atoms with E-state index in [4.69, 9.17) is 0 Å². The van der Waals surface area contributed by atoms with Crippen LogP contribution in [0.3, 0.4) is 0 Å². The predicted octanol–water partition coefficient (Wildman–Crippen LogP) is 4.52. The number of nitrogens with one attached hydrogen (secondary N) is 1. The van der Waals surface area contributed by atoms with E-state index in [1.807, 2.05) is 30.3 Å². The summed E-state index contributed by atoms with van der Waals surface area (Å²) in [5, 5.41) is 5.31. The standard InChI is InChI=1S/C17H18BrNO/c18-16-8-7-13-9-15(6-5-14(13)10-16)17(20)19-11-12-3-1-2-4-12/h5-10,12H,1-4,11H2,(H,19,20). The first-order valence-corrected chi connectivity index (χ1v) is 7.99. The van der Waals surface area contributed by atoms with Crippen molar-refractivity contribution < 1.29 is 4.79 Å². The molecule has 1 amide bonds. The Morgan fingerprint density at radius 2 is 1.80 bits per heavy atom. The molecule has 1 fully saturated rings. The van der Waals surface area contributed by atoms with E-state index in [0.717, 1.165) is 27.4 Å². The summed E-state index contributed by atoms with van der Waals surface area (Å²) in [5.74, 6) is 0.720. The van der Waals surface area contributed by atoms with Gasteiger partial charge in [-0.25, -0.2) is 0 Å². The van der Waals surface area contributed by atoms with Crippen molar-refractivity contribution in [1.29, 1.82) is 0 Å². The minimum atomic E-state index is 0.0433. The highest BCUT2D eigenvalue weighted by molar-refractivity contribution is 9.10. The van der Waals surface area contributed by atoms with Crippen molar-refractivity contribution >= 4 is 32.6 Å². The fourth-order valence-electron chi connectivity index (χ4n) is 2.91. The minimum absolute atomic E-state index is 0.0433. The number of carbonyl (C=O) groups excluding carboxylic acids is 1. The quantitative estimate of drug-likeness (QED) is 0.879. The van der Waals surface area contributed by atoms with Gasteiger partial charge >= 0.3 is 0 Å². The summed E-state index contributed by atoms with van der Waals surface area (Å²) < 4.78 is 1.06. The second-order valence-electron chi connectivity index (χ2n) is 5.57. The zero-order valence-electron chi connectivity index (χ0n) is 11.4. The molecule has 0 aromatic heterocycles. The highest BCUT2D eigenvalue weighted by atomic mass is 79.9. The molecule has 1 saturated carbocycles. The van der Waals surface area contributed by atoms with E-state index in [0.29, 0.717) is 5.92 Å². The van der Waals surface area contributed by atoms with Crippen LogP contribution in [0.1, 0.15) is 36.0 Å². The number of hydrogen-bond donors (Lipinski definition) is 1. The smallest absolute Gasteiger partial charge is 0.251 e. The number of amides is 1. The van der Waals surface area contributed by atoms with Gasteiger partial charge in [-0.1, -0.05) is 40.9 Å². The summed E-state index contributed by atoms with van der Waals surface area (Å²) in [7, 11) is 0. The maximum Gasteiger partial charge on any atom is 0.251 e. The van der Waals surface area contributed by atoms with E-state index in [1.54, 1.807) is 0 Å². The molecule has 3 heteroatoms. The molecule has 0 radical (unpaired) electrons. The van der Waals surface area contributed by atoms with Gasteiger partial charge in [0.25, 0.3) is 5.91 Å². The average Bonchev–Trinajstić information content (AvgIpc) is 2.97. The van der Waals surface area contributed by atoms with Gasteiger partial charge in [0.05, 0.1) is 0 Å². The average molecular weight is 332 g/mol. The van der Waals surface area contributed by atoms with Gasteiger partial charge in [-0.3, -0.25) is 4.79 Å². The predicted molar refractivity (Wildman–Crippen MR) is 85.9 cm³/mol. The van der Waals surface area contributed by atoms with Gasteiger partial charge in [0.2, 0.25) is 0 Å². The van der Waals surface area contributed by atoms with Crippen molar-refractivity contribution in [2.24, 2.45) is 5.92 Å². The van der Waals surface area contributed by atoms with Crippen LogP contribution in [0.4, 0.5) is 0 Å². The lowest BCUT2D eigenvalue weighted by Crippen LogP contribution is -2.28. The Morgan fingerprint density at radius 1 is 1.10 bits per heavy atom. The highest BCUT2D eigenvalue weighted by Crippen LogP contribution is 2.24. The molecule has 104 valence electrons. The van der Waals surface area contributed by atoms with E-state index in [2.05, 4.69) is 27.3 Å². The third-order valence-electron chi connectivity index (χ3n) is 4.09. The molecule has 0 unspecified atom stereocenters. The summed E-state index contributed by atoms with van der Waals surface area (Å²) in [4.78, 5) is 12.2. The van der Waals surface area contributed by atoms with Crippen LogP contribution in [-0.4, -0.2) is 12.5 Å². The van der Waals surface area contributed by atoms with Crippen LogP contribution >= 0.6 is 15.9 Å². The number of halogens is 1. The molecule has 0 atom stereocenters. The van der Waals surface area contributed by atoms with E-state index in [1.165, 1.54) is 25.7 Å². The van der Waals surface area contributed by atoms with Crippen LogP contribution in [0.15, 0.2) is 40.9 Å². The van der Waals surface area contributed by atoms with Crippen molar-refractivity contribution in [2.75, 3.05) is 6.54 Å². The van der Waals surface area contributed by atoms with Gasteiger partial charge in [-0.2, -0.15) is 0 Å². The topological polar surface area (TPSA) is 29.1 Å². The Hall–Kier alpha value is -1.35. The lowest BCUT2D eigenvalue weighted by atomic mass is 10.1. The van der Waals surface area contributed by atoms with Gasteiger partial charge in [-0.05, 0) is 53.8 Å². The largest absolute Gasteiger partial charge is 0.352 e. The minimum Gasteiger partial charge on any atom is -0.352 e. The molecular formula is C17H18BrNO. The van der Waals surface area contributed by atoms with E-state index in [-0.39, 0.29) is 5.91 Å². The van der Waals surface area contributed by atoms with Crippen molar-refractivity contribution in [3.05, 3.63) is 46.4 Å². The first-order valence-electron chi connectivity index (χ1n) is 7.20. The maximum atomic E-state index is 12.2. The molecule has 1 N–H and O–H groups in total. The normalized spacial score (nSPS) is 15.7. The molecule has 2 aromatic rings. The van der Waals surface area contributed by atoms with Crippen molar-refractivity contribution in [3.8, 4) is 0 Å². The Balaban J connectivity index is 1.72. The first kappa shape index (κ1) is 13.6. The van der Waals surface area contributed by atoms with Crippen LogP contribution in [0.5, 0.6) is 0 Å². The Bertz CT molecular complexity index is 632. The van der Waals surface area contributed by atoms with Gasteiger partial charge in [0, 0.05) is 16.6 Å². The number of benzene rings is 2. The molecule has 1 aliphatic rings. The van der Waals surface area contributed by atoms with Crippen molar-refractivity contribution in [2.45, 2.75) is 25.7 Å². The summed E-state index contributed by atoms with van der Waals surface area (Å²) in [5.41, 5.74) is 0.748. The summed E-state index contributed by atoms with van der Waals surface area (Å²) in [6.45, 7) is 0.817. The Kier molecular flexibility index (Phi) is 4.06. The van der Waals surface area contributed by atoms with Gasteiger partial charge in [0.1, 0.15) is 0 Å². The molecule has 2 nitrogen and oxygen atoms in total. The molecule has 3 rings (SSSR count). The molecule has 0 saturated heterocycles. The monoisotopic (exact) mass is 331 g/mol. The zero-order valence-corrected chi connectivity index (χ0v) is 12.9. The molecule has 0 aliphatic heterocycles. The van der Waals surface area contributed by atoms with Gasteiger partial charge in [-0.15, -0.1) is 0 Å². The number of carbonyl (C=O) groups is 1. The van der Waals surface area contributed by atoms with Crippen molar-refractivity contribution in [3.63, 3.8) is 0 Å². The Morgan fingerprint density at radius 3 is 2.60 bits per heavy atom. The molecule has 1 aliphatic carbocycles. The SMILES string of the molecule is O=C(NCC1CCCC1)c1ccc2cc(Br)ccc2c1. The van der Waals surface area contributed by atoms with E-state index in [9.17, 15) is 4.79 Å². The van der Waals surface area contributed by atoms with E-state index >= 15 is 0 Å². The van der Waals surface area contributed by atoms with Crippen LogP contribution in [0, 0.1) is 5.92 Å². The molecule has 0 bridgehead atoms. The second-order valence-corrected chi connectivity index (χ2v) is 6.48. The highest BCUT2D eigenvalue weighted by Gasteiger charge is 2.16. The molecular weight excluding hydrogens is 314 g/mol. The van der Waals surface area contributed by atoms with Gasteiger partial charge < -0.3 is 5.32 Å². The number of fused-ring (bicyclic) bond motifs is 1. The first-order chi connectivity index (χ1) is 9.72. The third-order valence-corrected chi connectivity index (χ3v) is 4.58. The zero-order chi connectivity index (χ0) is 13.9.